The van der Waals surface area contributed by atoms with Crippen molar-refractivity contribution in [2.24, 2.45) is 5.73 Å². The summed E-state index contributed by atoms with van der Waals surface area (Å²) in [5.41, 5.74) is 8.09. The van der Waals surface area contributed by atoms with Gasteiger partial charge in [-0.1, -0.05) is 25.3 Å². The summed E-state index contributed by atoms with van der Waals surface area (Å²) in [5.74, 6) is 0. The first-order valence-corrected chi connectivity index (χ1v) is 8.22. The fraction of sp³-hybridized carbons (Fsp3) is 0.706. The van der Waals surface area contributed by atoms with Crippen molar-refractivity contribution in [2.75, 3.05) is 13.1 Å². The van der Waals surface area contributed by atoms with Gasteiger partial charge in [-0.15, -0.1) is 0 Å². The number of pyridine rings is 1. The van der Waals surface area contributed by atoms with Gasteiger partial charge in [-0.05, 0) is 50.9 Å². The minimum Gasteiger partial charge on any atom is -0.326 e. The standard InChI is InChI=1S/C17H27N3/c18-16(14-15-8-2-5-11-19-15)17(9-3-4-10-17)20-12-6-1-7-13-20/h2,5,8,11,16H,1,3-4,6-7,9-10,12-14,18H2. The molecule has 110 valence electrons. The third-order valence-electron chi connectivity index (χ3n) is 5.30. The smallest absolute Gasteiger partial charge is 0.0419 e. The van der Waals surface area contributed by atoms with Crippen LogP contribution in [0.4, 0.5) is 0 Å². The zero-order valence-electron chi connectivity index (χ0n) is 12.4. The van der Waals surface area contributed by atoms with Gasteiger partial charge < -0.3 is 5.73 Å². The molecule has 2 heterocycles. The number of hydrogen-bond donors (Lipinski definition) is 1. The second-order valence-electron chi connectivity index (χ2n) is 6.49. The average molecular weight is 273 g/mol. The fourth-order valence-electron chi connectivity index (χ4n) is 4.18. The van der Waals surface area contributed by atoms with Crippen molar-refractivity contribution in [1.29, 1.82) is 0 Å². The summed E-state index contributed by atoms with van der Waals surface area (Å²) < 4.78 is 0. The van der Waals surface area contributed by atoms with Gasteiger partial charge in [-0.2, -0.15) is 0 Å². The largest absolute Gasteiger partial charge is 0.326 e. The summed E-state index contributed by atoms with van der Waals surface area (Å²) in [6.45, 7) is 2.49. The fourth-order valence-corrected chi connectivity index (χ4v) is 4.18. The van der Waals surface area contributed by atoms with Crippen LogP contribution in [0.5, 0.6) is 0 Å². The Labute approximate surface area is 122 Å². The minimum atomic E-state index is 0.220. The molecule has 1 unspecified atom stereocenters. The Morgan fingerprint density at radius 1 is 1.10 bits per heavy atom. The van der Waals surface area contributed by atoms with E-state index in [4.69, 9.17) is 5.73 Å². The van der Waals surface area contributed by atoms with Crippen molar-refractivity contribution in [2.45, 2.75) is 62.9 Å². The van der Waals surface area contributed by atoms with E-state index in [0.717, 1.165) is 12.1 Å². The molecule has 3 heteroatoms. The molecule has 3 nitrogen and oxygen atoms in total. The second kappa shape index (κ2) is 6.23. The molecule has 2 fully saturated rings. The van der Waals surface area contributed by atoms with Crippen molar-refractivity contribution in [1.82, 2.24) is 9.88 Å². The lowest BCUT2D eigenvalue weighted by atomic mass is 9.82. The van der Waals surface area contributed by atoms with Crippen LogP contribution in [0.1, 0.15) is 50.6 Å². The molecule has 0 aromatic carbocycles. The quantitative estimate of drug-likeness (QED) is 0.917. The molecule has 1 saturated carbocycles. The molecule has 1 saturated heterocycles. The summed E-state index contributed by atoms with van der Waals surface area (Å²) >= 11 is 0. The SMILES string of the molecule is NC(Cc1ccccn1)C1(N2CCCCC2)CCCC1. The summed E-state index contributed by atoms with van der Waals surface area (Å²) in [4.78, 5) is 7.19. The maximum atomic E-state index is 6.70. The third-order valence-corrected chi connectivity index (χ3v) is 5.30. The minimum absolute atomic E-state index is 0.220. The molecule has 1 aromatic rings. The Morgan fingerprint density at radius 2 is 1.85 bits per heavy atom. The van der Waals surface area contributed by atoms with Crippen LogP contribution in [-0.4, -0.2) is 34.6 Å². The number of hydrogen-bond acceptors (Lipinski definition) is 3. The lowest BCUT2D eigenvalue weighted by Crippen LogP contribution is -2.60. The first-order chi connectivity index (χ1) is 9.81. The van der Waals surface area contributed by atoms with Gasteiger partial charge in [0.2, 0.25) is 0 Å². The van der Waals surface area contributed by atoms with E-state index in [1.807, 2.05) is 12.3 Å². The Morgan fingerprint density at radius 3 is 2.50 bits per heavy atom. The van der Waals surface area contributed by atoms with Crippen LogP contribution in [0.3, 0.4) is 0 Å². The van der Waals surface area contributed by atoms with Gasteiger partial charge >= 0.3 is 0 Å². The number of nitrogens with zero attached hydrogens (tertiary/aromatic N) is 2. The van der Waals surface area contributed by atoms with E-state index >= 15 is 0 Å². The third kappa shape index (κ3) is 2.75. The molecule has 0 bridgehead atoms. The summed E-state index contributed by atoms with van der Waals surface area (Å²) in [5, 5.41) is 0. The van der Waals surface area contributed by atoms with Gasteiger partial charge in [0, 0.05) is 29.9 Å². The van der Waals surface area contributed by atoms with Gasteiger partial charge in [0.1, 0.15) is 0 Å². The first-order valence-electron chi connectivity index (χ1n) is 8.22. The van der Waals surface area contributed by atoms with E-state index in [1.165, 1.54) is 58.0 Å². The number of rotatable bonds is 4. The highest BCUT2D eigenvalue weighted by Crippen LogP contribution is 2.39. The van der Waals surface area contributed by atoms with Crippen LogP contribution in [0.2, 0.25) is 0 Å². The molecule has 1 aliphatic heterocycles. The van der Waals surface area contributed by atoms with Crippen LogP contribution < -0.4 is 5.73 Å². The summed E-state index contributed by atoms with van der Waals surface area (Å²) in [7, 11) is 0. The molecule has 20 heavy (non-hydrogen) atoms. The molecular formula is C17H27N3. The summed E-state index contributed by atoms with van der Waals surface area (Å²) in [6, 6.07) is 6.37. The molecule has 3 rings (SSSR count). The Kier molecular flexibility index (Phi) is 4.37. The highest BCUT2D eigenvalue weighted by atomic mass is 15.2. The lowest BCUT2D eigenvalue weighted by Gasteiger charge is -2.47. The number of nitrogens with two attached hydrogens (primary N) is 1. The molecule has 0 amide bonds. The molecule has 0 spiro atoms. The molecule has 0 radical (unpaired) electrons. The monoisotopic (exact) mass is 273 g/mol. The van der Waals surface area contributed by atoms with E-state index < -0.39 is 0 Å². The second-order valence-corrected chi connectivity index (χ2v) is 6.49. The van der Waals surface area contributed by atoms with E-state index in [9.17, 15) is 0 Å². The van der Waals surface area contributed by atoms with Crippen molar-refractivity contribution in [3.05, 3.63) is 30.1 Å². The van der Waals surface area contributed by atoms with E-state index in [2.05, 4.69) is 22.0 Å². The van der Waals surface area contributed by atoms with Crippen LogP contribution in [0, 0.1) is 0 Å². The van der Waals surface area contributed by atoms with Crippen LogP contribution in [0.15, 0.2) is 24.4 Å². The number of likely N-dealkylation sites (tertiary alicyclic amines) is 1. The molecule has 1 aromatic heterocycles. The van der Waals surface area contributed by atoms with E-state index in [-0.39, 0.29) is 11.6 Å². The topological polar surface area (TPSA) is 42.1 Å². The molecule has 2 N–H and O–H groups in total. The van der Waals surface area contributed by atoms with Gasteiger partial charge in [0.25, 0.3) is 0 Å². The molecule has 1 aliphatic carbocycles. The maximum absolute atomic E-state index is 6.70. The highest BCUT2D eigenvalue weighted by molar-refractivity contribution is 5.11. The van der Waals surface area contributed by atoms with Crippen molar-refractivity contribution in [3.63, 3.8) is 0 Å². The van der Waals surface area contributed by atoms with Crippen LogP contribution in [0.25, 0.3) is 0 Å². The average Bonchev–Trinajstić information content (AvgIpc) is 3.00. The van der Waals surface area contributed by atoms with Crippen molar-refractivity contribution in [3.8, 4) is 0 Å². The predicted molar refractivity (Wildman–Crippen MR) is 82.5 cm³/mol. The maximum Gasteiger partial charge on any atom is 0.0419 e. The van der Waals surface area contributed by atoms with Gasteiger partial charge in [0.15, 0.2) is 0 Å². The normalized spacial score (nSPS) is 24.6. The lowest BCUT2D eigenvalue weighted by molar-refractivity contribution is 0.0479. The molecular weight excluding hydrogens is 246 g/mol. The molecule has 2 aliphatic rings. The number of aromatic nitrogens is 1. The Bertz CT molecular complexity index is 406. The van der Waals surface area contributed by atoms with Crippen molar-refractivity contribution < 1.29 is 0 Å². The van der Waals surface area contributed by atoms with E-state index in [0.29, 0.717) is 0 Å². The van der Waals surface area contributed by atoms with Crippen molar-refractivity contribution >= 4 is 0 Å². The zero-order valence-corrected chi connectivity index (χ0v) is 12.4. The first kappa shape index (κ1) is 14.0. The van der Waals surface area contributed by atoms with Gasteiger partial charge in [-0.25, -0.2) is 0 Å². The van der Waals surface area contributed by atoms with Crippen LogP contribution >= 0.6 is 0 Å². The zero-order chi connectivity index (χ0) is 13.8. The van der Waals surface area contributed by atoms with Gasteiger partial charge in [0.05, 0.1) is 0 Å². The highest BCUT2D eigenvalue weighted by Gasteiger charge is 2.44. The predicted octanol–water partition coefficient (Wildman–Crippen LogP) is 2.75. The summed E-state index contributed by atoms with van der Waals surface area (Å²) in [6.07, 6.45) is 12.1. The Balaban J connectivity index is 1.75. The van der Waals surface area contributed by atoms with Gasteiger partial charge in [-0.3, -0.25) is 9.88 Å². The Hall–Kier alpha value is -0.930. The number of piperidine rings is 1. The van der Waals surface area contributed by atoms with E-state index in [1.54, 1.807) is 0 Å². The van der Waals surface area contributed by atoms with Crippen LogP contribution in [-0.2, 0) is 6.42 Å². The molecule has 1 atom stereocenters.